The van der Waals surface area contributed by atoms with Gasteiger partial charge in [-0.2, -0.15) is 0 Å². The lowest BCUT2D eigenvalue weighted by atomic mass is 9.79. The number of carboxylic acids is 1. The third-order valence-electron chi connectivity index (χ3n) is 5.77. The maximum absolute atomic E-state index is 13.7. The molecule has 2 heterocycles. The number of thiazole rings is 1. The van der Waals surface area contributed by atoms with Gasteiger partial charge >= 0.3 is 5.97 Å². The van der Waals surface area contributed by atoms with Crippen molar-refractivity contribution >= 4 is 51.5 Å². The Balaban J connectivity index is 1.68. The first-order chi connectivity index (χ1) is 15.4. The molecule has 0 unspecified atom stereocenters. The molecule has 166 valence electrons. The summed E-state index contributed by atoms with van der Waals surface area (Å²) < 4.78 is 0. The summed E-state index contributed by atoms with van der Waals surface area (Å²) in [6.45, 7) is 0.507. The zero-order valence-corrected chi connectivity index (χ0v) is 19.5. The first-order valence-corrected chi connectivity index (χ1v) is 12.1. The average Bonchev–Trinajstić information content (AvgIpc) is 3.25. The number of benzene rings is 2. The monoisotopic (exact) mass is 488 g/mol. The van der Waals surface area contributed by atoms with Crippen molar-refractivity contribution in [3.05, 3.63) is 69.5 Å². The standard InChI is InChI=1S/C24H22Cl2N2O3S/c25-16-9-10-20(26)19(12-16)21-14-32-24(27-21)28-11-5-4-8-17(15-6-2-1-3-7-15)18(23(28)31)13-22(29)30/h1-3,6-7,9-10,12,14,17-18H,4-5,8,11,13H2,(H,29,30)/t17-,18+/m1/s1. The van der Waals surface area contributed by atoms with E-state index in [1.54, 1.807) is 23.1 Å². The van der Waals surface area contributed by atoms with Crippen LogP contribution in [0.15, 0.2) is 53.9 Å². The molecule has 5 nitrogen and oxygen atoms in total. The van der Waals surface area contributed by atoms with E-state index in [1.165, 1.54) is 11.3 Å². The third-order valence-corrected chi connectivity index (χ3v) is 7.19. The van der Waals surface area contributed by atoms with Crippen LogP contribution < -0.4 is 4.90 Å². The largest absolute Gasteiger partial charge is 0.481 e. The fourth-order valence-electron chi connectivity index (χ4n) is 4.23. The second-order valence-corrected chi connectivity index (χ2v) is 9.53. The molecule has 1 N–H and O–H groups in total. The van der Waals surface area contributed by atoms with Crippen molar-refractivity contribution in [3.63, 3.8) is 0 Å². The summed E-state index contributed by atoms with van der Waals surface area (Å²) in [5.41, 5.74) is 2.34. The summed E-state index contributed by atoms with van der Waals surface area (Å²) in [4.78, 5) is 31.7. The molecule has 0 bridgehead atoms. The molecule has 4 rings (SSSR count). The van der Waals surface area contributed by atoms with Gasteiger partial charge in [-0.3, -0.25) is 14.5 Å². The molecule has 32 heavy (non-hydrogen) atoms. The summed E-state index contributed by atoms with van der Waals surface area (Å²) >= 11 is 13.8. The molecule has 0 aliphatic carbocycles. The number of halogens is 2. The molecule has 1 amide bonds. The number of hydrogen-bond donors (Lipinski definition) is 1. The Kier molecular flexibility index (Phi) is 7.13. The molecule has 2 aromatic carbocycles. The predicted octanol–water partition coefficient (Wildman–Crippen LogP) is 6.51. The summed E-state index contributed by atoms with van der Waals surface area (Å²) in [5, 5.41) is 13.0. The van der Waals surface area contributed by atoms with Gasteiger partial charge in [0, 0.05) is 22.5 Å². The highest BCUT2D eigenvalue weighted by Crippen LogP contribution is 2.39. The summed E-state index contributed by atoms with van der Waals surface area (Å²) in [7, 11) is 0. The fraction of sp³-hybridized carbons (Fsp3) is 0.292. The van der Waals surface area contributed by atoms with Crippen molar-refractivity contribution in [2.24, 2.45) is 5.92 Å². The Morgan fingerprint density at radius 3 is 2.69 bits per heavy atom. The summed E-state index contributed by atoms with van der Waals surface area (Å²) in [6.07, 6.45) is 2.29. The van der Waals surface area contributed by atoms with Gasteiger partial charge in [-0.1, -0.05) is 60.0 Å². The minimum atomic E-state index is -0.977. The molecule has 1 aliphatic rings. The number of carbonyl (C=O) groups is 2. The van der Waals surface area contributed by atoms with Crippen LogP contribution in [0.2, 0.25) is 10.0 Å². The highest BCUT2D eigenvalue weighted by atomic mass is 35.5. The van der Waals surface area contributed by atoms with Gasteiger partial charge in [0.2, 0.25) is 5.91 Å². The molecule has 0 radical (unpaired) electrons. The highest BCUT2D eigenvalue weighted by molar-refractivity contribution is 7.14. The van der Waals surface area contributed by atoms with E-state index in [9.17, 15) is 14.7 Å². The number of carboxylic acid groups (broad SMARTS) is 1. The van der Waals surface area contributed by atoms with Crippen LogP contribution in [0.3, 0.4) is 0 Å². The van der Waals surface area contributed by atoms with Crippen molar-refractivity contribution in [3.8, 4) is 11.3 Å². The maximum atomic E-state index is 13.7. The van der Waals surface area contributed by atoms with Crippen molar-refractivity contribution in [2.75, 3.05) is 11.4 Å². The lowest BCUT2D eigenvalue weighted by Crippen LogP contribution is -2.41. The second kappa shape index (κ2) is 10.0. The average molecular weight is 489 g/mol. The van der Waals surface area contributed by atoms with Gasteiger partial charge < -0.3 is 5.11 Å². The van der Waals surface area contributed by atoms with Gasteiger partial charge in [0.25, 0.3) is 0 Å². The number of aromatic nitrogens is 1. The number of rotatable bonds is 5. The molecule has 2 atom stereocenters. The molecular formula is C24H22Cl2N2O3S. The zero-order valence-electron chi connectivity index (χ0n) is 17.2. The van der Waals surface area contributed by atoms with Crippen LogP contribution >= 0.6 is 34.5 Å². The number of nitrogens with zero attached hydrogens (tertiary/aromatic N) is 2. The van der Waals surface area contributed by atoms with Crippen LogP contribution in [0, 0.1) is 5.92 Å². The first kappa shape index (κ1) is 22.8. The van der Waals surface area contributed by atoms with Crippen molar-refractivity contribution in [1.82, 2.24) is 4.98 Å². The second-order valence-electron chi connectivity index (χ2n) is 7.85. The lowest BCUT2D eigenvalue weighted by molar-refractivity contribution is -0.141. The molecule has 3 aromatic rings. The SMILES string of the molecule is O=C(O)C[C@@H]1C(=O)N(c2nc(-c3cc(Cl)ccc3Cl)cs2)CCCC[C@@H]1c1ccccc1. The lowest BCUT2D eigenvalue weighted by Gasteiger charge is -2.33. The van der Waals surface area contributed by atoms with Crippen molar-refractivity contribution in [1.29, 1.82) is 0 Å². The van der Waals surface area contributed by atoms with E-state index in [1.807, 2.05) is 35.7 Å². The summed E-state index contributed by atoms with van der Waals surface area (Å²) in [6, 6.07) is 14.9. The van der Waals surface area contributed by atoms with Crippen molar-refractivity contribution < 1.29 is 14.7 Å². The summed E-state index contributed by atoms with van der Waals surface area (Å²) in [5.74, 6) is -1.98. The fourth-order valence-corrected chi connectivity index (χ4v) is 5.47. The minimum absolute atomic E-state index is 0.149. The smallest absolute Gasteiger partial charge is 0.304 e. The van der Waals surface area contributed by atoms with E-state index in [-0.39, 0.29) is 18.2 Å². The number of anilines is 1. The Morgan fingerprint density at radius 2 is 1.94 bits per heavy atom. The predicted molar refractivity (Wildman–Crippen MR) is 129 cm³/mol. The Morgan fingerprint density at radius 1 is 1.16 bits per heavy atom. The Bertz CT molecular complexity index is 1120. The van der Waals surface area contributed by atoms with Gasteiger partial charge in [-0.05, 0) is 42.5 Å². The van der Waals surface area contributed by atoms with E-state index in [4.69, 9.17) is 23.2 Å². The van der Waals surface area contributed by atoms with Crippen LogP contribution in [0.25, 0.3) is 11.3 Å². The van der Waals surface area contributed by atoms with Gasteiger partial charge in [0.15, 0.2) is 5.13 Å². The molecule has 8 heteroatoms. The Labute approximate surface area is 200 Å². The maximum Gasteiger partial charge on any atom is 0.304 e. The molecule has 1 saturated heterocycles. The molecule has 0 spiro atoms. The number of aliphatic carboxylic acids is 1. The molecule has 0 saturated carbocycles. The van der Waals surface area contributed by atoms with Crippen molar-refractivity contribution in [2.45, 2.75) is 31.6 Å². The van der Waals surface area contributed by atoms with E-state index in [0.29, 0.717) is 33.0 Å². The van der Waals surface area contributed by atoms with E-state index in [2.05, 4.69) is 4.98 Å². The molecule has 1 aromatic heterocycles. The van der Waals surface area contributed by atoms with Gasteiger partial charge in [0.05, 0.1) is 23.1 Å². The molecule has 1 fully saturated rings. The normalized spacial score (nSPS) is 19.4. The Hall–Kier alpha value is -2.41. The minimum Gasteiger partial charge on any atom is -0.481 e. The highest BCUT2D eigenvalue weighted by Gasteiger charge is 2.37. The van der Waals surface area contributed by atoms with Crippen LogP contribution in [-0.4, -0.2) is 28.5 Å². The van der Waals surface area contributed by atoms with E-state index < -0.39 is 11.9 Å². The third kappa shape index (κ3) is 4.98. The van der Waals surface area contributed by atoms with Crippen LogP contribution in [-0.2, 0) is 9.59 Å². The van der Waals surface area contributed by atoms with Gasteiger partial charge in [0.1, 0.15) is 0 Å². The van der Waals surface area contributed by atoms with Crippen LogP contribution in [0.5, 0.6) is 0 Å². The van der Waals surface area contributed by atoms with E-state index >= 15 is 0 Å². The topological polar surface area (TPSA) is 70.5 Å². The molecular weight excluding hydrogens is 467 g/mol. The first-order valence-electron chi connectivity index (χ1n) is 10.4. The van der Waals surface area contributed by atoms with Gasteiger partial charge in [-0.25, -0.2) is 4.98 Å². The van der Waals surface area contributed by atoms with Gasteiger partial charge in [-0.15, -0.1) is 11.3 Å². The van der Waals surface area contributed by atoms with Crippen LogP contribution in [0.4, 0.5) is 5.13 Å². The quantitative estimate of drug-likeness (QED) is 0.444. The number of hydrogen-bond acceptors (Lipinski definition) is 4. The van der Waals surface area contributed by atoms with E-state index in [0.717, 1.165) is 24.8 Å². The zero-order chi connectivity index (χ0) is 22.7. The number of carbonyl (C=O) groups excluding carboxylic acids is 1. The molecule has 1 aliphatic heterocycles. The number of amides is 1. The van der Waals surface area contributed by atoms with Crippen LogP contribution in [0.1, 0.15) is 37.2 Å².